The van der Waals surface area contributed by atoms with Crippen LogP contribution in [0.2, 0.25) is 0 Å². The molecule has 0 aliphatic rings. The zero-order valence-electron chi connectivity index (χ0n) is 19.1. The molecular formula is C25H30ClN8Os. The fourth-order valence-corrected chi connectivity index (χ4v) is 2.73. The van der Waals surface area contributed by atoms with Crippen molar-refractivity contribution >= 4 is 15.3 Å². The Hall–Kier alpha value is -3.40. The van der Waals surface area contributed by atoms with Crippen molar-refractivity contribution in [3.8, 4) is 23.0 Å². The van der Waals surface area contributed by atoms with E-state index in [4.69, 9.17) is 0 Å². The van der Waals surface area contributed by atoms with Crippen molar-refractivity contribution in [2.75, 3.05) is 12.4 Å². The maximum absolute atomic E-state index is 4.67. The molecule has 0 fully saturated rings. The number of hydrogen-bond acceptors (Lipinski definition) is 6. The normalized spacial score (nSPS) is 9.06. The second-order valence-electron chi connectivity index (χ2n) is 6.64. The van der Waals surface area contributed by atoms with E-state index in [0.717, 1.165) is 28.7 Å². The zero-order chi connectivity index (χ0) is 24.6. The van der Waals surface area contributed by atoms with E-state index >= 15 is 0 Å². The maximum atomic E-state index is 4.67. The van der Waals surface area contributed by atoms with Crippen molar-refractivity contribution in [1.82, 2.24) is 34.1 Å². The van der Waals surface area contributed by atoms with Gasteiger partial charge >= 0.3 is 27.2 Å². The second kappa shape index (κ2) is 17.1. The van der Waals surface area contributed by atoms with Crippen molar-refractivity contribution in [2.45, 2.75) is 7.43 Å². The second-order valence-corrected chi connectivity index (χ2v) is 6.64. The molecule has 5 aromatic heterocycles. The van der Waals surface area contributed by atoms with Crippen LogP contribution in [0.25, 0.3) is 23.0 Å². The molecule has 0 aliphatic carbocycles. The van der Waals surface area contributed by atoms with Crippen molar-refractivity contribution in [3.05, 3.63) is 98.1 Å². The van der Waals surface area contributed by atoms with Gasteiger partial charge in [-0.3, -0.25) is 15.0 Å². The zero-order valence-corrected chi connectivity index (χ0v) is 22.4. The number of imidazole rings is 2. The molecule has 0 radical (unpaired) electrons. The summed E-state index contributed by atoms with van der Waals surface area (Å²) in [5, 5.41) is 2.99. The van der Waals surface area contributed by atoms with Gasteiger partial charge in [-0.15, -0.1) is 0 Å². The Kier molecular flexibility index (Phi) is 14.5. The predicted octanol–water partition coefficient (Wildman–Crippen LogP) is 5.41. The Balaban J connectivity index is 0.000000255. The third-order valence-corrected chi connectivity index (χ3v) is 4.40. The SMILES string of the molecule is C.CNc1ccncc1.Cn1ccnc1-c1ccccn1.Cn1ccnc1-c1ccccn1.[Cl][Os]. The molecule has 10 heteroatoms. The van der Waals surface area contributed by atoms with Crippen LogP contribution in [-0.4, -0.2) is 41.1 Å². The van der Waals surface area contributed by atoms with Crippen LogP contribution in [0.1, 0.15) is 7.43 Å². The number of aryl methyl sites for hydroxylation is 2. The number of nitrogens with zero attached hydrogens (tertiary/aromatic N) is 7. The van der Waals surface area contributed by atoms with Gasteiger partial charge in [-0.2, -0.15) is 0 Å². The molecule has 8 nitrogen and oxygen atoms in total. The fraction of sp³-hybridized carbons (Fsp3) is 0.160. The summed E-state index contributed by atoms with van der Waals surface area (Å²) in [4.78, 5) is 20.6. The summed E-state index contributed by atoms with van der Waals surface area (Å²) in [6.07, 6.45) is 14.4. The molecule has 0 aliphatic heterocycles. The standard InChI is InChI=1S/2C9H9N3.C6H8N2.CH4.ClH.Os/c2*1-12-7-6-11-9(12)8-4-2-3-5-10-8;1-7-6-2-4-8-5-3-6;;;/h2*2-7H,1H3;2-5H,1H3,(H,7,8);1H4;1H;/q;;;;;+1/p-1. The van der Waals surface area contributed by atoms with Crippen LogP contribution in [0.3, 0.4) is 0 Å². The Bertz CT molecular complexity index is 1110. The predicted molar refractivity (Wildman–Crippen MR) is 139 cm³/mol. The minimum atomic E-state index is 0. The van der Waals surface area contributed by atoms with Gasteiger partial charge < -0.3 is 14.5 Å². The number of hydrogen-bond donors (Lipinski definition) is 1. The summed E-state index contributed by atoms with van der Waals surface area (Å²) in [6, 6.07) is 15.4. The van der Waals surface area contributed by atoms with E-state index in [2.05, 4.69) is 39.9 Å². The van der Waals surface area contributed by atoms with Gasteiger partial charge in [-0.1, -0.05) is 19.6 Å². The van der Waals surface area contributed by atoms with Crippen LogP contribution < -0.4 is 5.32 Å². The number of nitrogens with one attached hydrogen (secondary N) is 1. The molecule has 0 spiro atoms. The first kappa shape index (κ1) is 29.6. The van der Waals surface area contributed by atoms with E-state index < -0.39 is 0 Å². The molecule has 35 heavy (non-hydrogen) atoms. The molecule has 5 rings (SSSR count). The first-order chi connectivity index (χ1) is 16.7. The summed E-state index contributed by atoms with van der Waals surface area (Å²) in [6.45, 7) is 0. The first-order valence-corrected chi connectivity index (χ1v) is 13.3. The number of rotatable bonds is 3. The molecule has 0 aromatic carbocycles. The summed E-state index contributed by atoms with van der Waals surface area (Å²) in [7, 11) is 10.5. The molecular weight excluding hydrogens is 638 g/mol. The molecule has 5 heterocycles. The van der Waals surface area contributed by atoms with E-state index in [9.17, 15) is 0 Å². The van der Waals surface area contributed by atoms with Crippen molar-refractivity contribution in [2.24, 2.45) is 14.1 Å². The van der Waals surface area contributed by atoms with Crippen LogP contribution >= 0.6 is 9.64 Å². The molecule has 0 saturated carbocycles. The average Bonchev–Trinajstić information content (AvgIpc) is 3.55. The topological polar surface area (TPSA) is 86.3 Å². The van der Waals surface area contributed by atoms with E-state index in [1.807, 2.05) is 91.2 Å². The van der Waals surface area contributed by atoms with Gasteiger partial charge in [0.25, 0.3) is 0 Å². The van der Waals surface area contributed by atoms with Crippen molar-refractivity contribution in [3.63, 3.8) is 0 Å². The number of aromatic nitrogens is 7. The number of halogens is 1. The van der Waals surface area contributed by atoms with E-state index in [1.54, 1.807) is 37.2 Å². The molecule has 0 saturated heterocycles. The van der Waals surface area contributed by atoms with E-state index in [1.165, 1.54) is 17.6 Å². The van der Waals surface area contributed by atoms with Gasteiger partial charge in [-0.25, -0.2) is 9.97 Å². The molecule has 0 unspecified atom stereocenters. The molecule has 5 aromatic rings. The Labute approximate surface area is 221 Å². The number of anilines is 1. The number of pyridine rings is 3. The summed E-state index contributed by atoms with van der Waals surface area (Å²) in [5.74, 6) is 1.80. The first-order valence-electron chi connectivity index (χ1n) is 10.2. The fourth-order valence-electron chi connectivity index (χ4n) is 2.73. The monoisotopic (exact) mass is 669 g/mol. The average molecular weight is 668 g/mol. The molecule has 185 valence electrons. The van der Waals surface area contributed by atoms with Crippen LogP contribution in [0.5, 0.6) is 0 Å². The minimum absolute atomic E-state index is 0. The van der Waals surface area contributed by atoms with Crippen molar-refractivity contribution in [1.29, 1.82) is 0 Å². The quantitative estimate of drug-likeness (QED) is 0.277. The Morgan fingerprint density at radius 1 is 0.657 bits per heavy atom. The third kappa shape index (κ3) is 9.77. The summed E-state index contributed by atoms with van der Waals surface area (Å²) < 4.78 is 3.89. The van der Waals surface area contributed by atoms with Gasteiger partial charge in [0.1, 0.15) is 11.4 Å². The molecule has 0 amide bonds. The van der Waals surface area contributed by atoms with Crippen molar-refractivity contribution < 1.29 is 17.6 Å². The molecule has 0 atom stereocenters. The van der Waals surface area contributed by atoms with Gasteiger partial charge in [0, 0.05) is 76.4 Å². The van der Waals surface area contributed by atoms with Gasteiger partial charge in [0.05, 0.1) is 0 Å². The Morgan fingerprint density at radius 3 is 1.40 bits per heavy atom. The van der Waals surface area contributed by atoms with Crippen LogP contribution in [0, 0.1) is 0 Å². The van der Waals surface area contributed by atoms with Gasteiger partial charge in [0.15, 0.2) is 11.6 Å². The van der Waals surface area contributed by atoms with Gasteiger partial charge in [-0.05, 0) is 36.4 Å². The third-order valence-electron chi connectivity index (χ3n) is 4.40. The Morgan fingerprint density at radius 2 is 1.11 bits per heavy atom. The van der Waals surface area contributed by atoms with Crippen LogP contribution in [0.4, 0.5) is 5.69 Å². The van der Waals surface area contributed by atoms with E-state index in [-0.39, 0.29) is 7.43 Å². The van der Waals surface area contributed by atoms with E-state index in [0.29, 0.717) is 0 Å². The van der Waals surface area contributed by atoms with Crippen LogP contribution in [-0.2, 0) is 31.7 Å². The van der Waals surface area contributed by atoms with Crippen LogP contribution in [0.15, 0.2) is 98.1 Å². The van der Waals surface area contributed by atoms with Gasteiger partial charge in [0.2, 0.25) is 0 Å². The summed E-state index contributed by atoms with van der Waals surface area (Å²) >= 11 is 1.33. The summed E-state index contributed by atoms with van der Waals surface area (Å²) in [5.41, 5.74) is 2.91. The molecule has 1 N–H and O–H groups in total. The molecule has 0 bridgehead atoms.